The molecule has 0 saturated carbocycles. The van der Waals surface area contributed by atoms with Gasteiger partial charge in [0.15, 0.2) is 12.4 Å². The molecular weight excluding hydrogens is 508 g/mol. The zero-order chi connectivity index (χ0) is 27.8. The lowest BCUT2D eigenvalue weighted by Gasteiger charge is -2.17. The van der Waals surface area contributed by atoms with Crippen LogP contribution in [0, 0.1) is 0 Å². The summed E-state index contributed by atoms with van der Waals surface area (Å²) in [5.74, 6) is 0.944. The van der Waals surface area contributed by atoms with E-state index in [-0.39, 0.29) is 10.7 Å². The van der Waals surface area contributed by atoms with Crippen LogP contribution in [0.5, 0.6) is 5.75 Å². The van der Waals surface area contributed by atoms with Crippen molar-refractivity contribution in [2.75, 3.05) is 20.7 Å². The van der Waals surface area contributed by atoms with Crippen LogP contribution in [-0.2, 0) is 41.1 Å². The molecule has 0 aliphatic rings. The first kappa shape index (κ1) is 28.2. The van der Waals surface area contributed by atoms with E-state index in [0.29, 0.717) is 31.4 Å². The number of hydrogen-bond acceptors (Lipinski definition) is 4. The normalized spacial score (nSPS) is 11.5. The monoisotopic (exact) mass is 543 g/mol. The van der Waals surface area contributed by atoms with Crippen molar-refractivity contribution < 1.29 is 22.5 Å². The topological polar surface area (TPSA) is 67.6 Å². The Balaban J connectivity index is 1.35. The van der Waals surface area contributed by atoms with Gasteiger partial charge < -0.3 is 4.74 Å². The van der Waals surface area contributed by atoms with E-state index in [2.05, 4.69) is 0 Å². The van der Waals surface area contributed by atoms with Crippen LogP contribution in [0.15, 0.2) is 102 Å². The summed E-state index contributed by atoms with van der Waals surface area (Å²) in [6.45, 7) is 0.437. The minimum Gasteiger partial charge on any atom is -0.493 e. The van der Waals surface area contributed by atoms with Crippen molar-refractivity contribution in [1.82, 2.24) is 4.31 Å². The summed E-state index contributed by atoms with van der Waals surface area (Å²) >= 11 is 0. The fraction of sp³-hybridized carbons (Fsp3) is 0.250. The van der Waals surface area contributed by atoms with E-state index < -0.39 is 10.0 Å². The molecule has 0 spiro atoms. The maximum absolute atomic E-state index is 12.9. The number of rotatable bonds is 12. The lowest BCUT2D eigenvalue weighted by Crippen LogP contribution is -2.26. The third-order valence-electron chi connectivity index (χ3n) is 6.61. The summed E-state index contributed by atoms with van der Waals surface area (Å²) in [6, 6.07) is 26.6. The molecule has 0 bridgehead atoms. The molecule has 0 radical (unpaired) electrons. The van der Waals surface area contributed by atoms with Crippen LogP contribution < -0.4 is 9.30 Å². The van der Waals surface area contributed by atoms with Gasteiger partial charge in [0.1, 0.15) is 18.6 Å². The minimum atomic E-state index is -3.59. The summed E-state index contributed by atoms with van der Waals surface area (Å²) in [7, 11) is 1.47. The standard InChI is InChI=1S/C32H35N2O4S/c1-33(2)39(36,37)32-13-7-6-12-31(32)30-11-5-4-10-27(30)20-22-38-29-18-15-25(16-19-29)23-28(35)17-14-26-9-8-21-34(3)24-26/h4-13,15-16,18-19,21,24H,14,17,20,22-23H2,1-3H3/q+1. The van der Waals surface area contributed by atoms with Crippen LogP contribution in [0.25, 0.3) is 11.1 Å². The smallest absolute Gasteiger partial charge is 0.243 e. The Bertz CT molecular complexity index is 1530. The average Bonchev–Trinajstić information content (AvgIpc) is 2.93. The average molecular weight is 544 g/mol. The van der Waals surface area contributed by atoms with Gasteiger partial charge in [-0.25, -0.2) is 17.3 Å². The van der Waals surface area contributed by atoms with E-state index in [9.17, 15) is 13.2 Å². The number of ketones is 1. The van der Waals surface area contributed by atoms with Gasteiger partial charge in [0, 0.05) is 50.6 Å². The van der Waals surface area contributed by atoms with E-state index in [1.165, 1.54) is 18.4 Å². The van der Waals surface area contributed by atoms with Crippen LogP contribution in [-0.4, -0.2) is 39.2 Å². The Morgan fingerprint density at radius 2 is 1.51 bits per heavy atom. The lowest BCUT2D eigenvalue weighted by atomic mass is 9.98. The summed E-state index contributed by atoms with van der Waals surface area (Å²) in [5.41, 5.74) is 4.68. The Morgan fingerprint density at radius 1 is 0.821 bits per heavy atom. The summed E-state index contributed by atoms with van der Waals surface area (Å²) in [6.07, 6.45) is 6.29. The molecule has 0 aliphatic heterocycles. The molecule has 0 unspecified atom stereocenters. The number of nitrogens with zero attached hydrogens (tertiary/aromatic N) is 2. The highest BCUT2D eigenvalue weighted by Gasteiger charge is 2.22. The molecule has 202 valence electrons. The molecular formula is C32H35N2O4S+. The van der Waals surface area contributed by atoms with E-state index in [1.807, 2.05) is 96.8 Å². The first-order valence-corrected chi connectivity index (χ1v) is 14.5. The molecule has 4 aromatic rings. The van der Waals surface area contributed by atoms with Crippen LogP contribution in [0.3, 0.4) is 0 Å². The predicted octanol–water partition coefficient (Wildman–Crippen LogP) is 4.79. The molecule has 0 fully saturated rings. The fourth-order valence-electron chi connectivity index (χ4n) is 4.49. The molecule has 7 heteroatoms. The Kier molecular flexibility index (Phi) is 9.28. The second-order valence-corrected chi connectivity index (χ2v) is 11.9. The number of sulfonamides is 1. The number of pyridine rings is 1. The van der Waals surface area contributed by atoms with Crippen LogP contribution in [0.2, 0.25) is 0 Å². The van der Waals surface area contributed by atoms with Gasteiger partial charge in [0.2, 0.25) is 10.0 Å². The first-order valence-electron chi connectivity index (χ1n) is 13.0. The minimum absolute atomic E-state index is 0.211. The molecule has 39 heavy (non-hydrogen) atoms. The highest BCUT2D eigenvalue weighted by molar-refractivity contribution is 7.89. The molecule has 0 atom stereocenters. The highest BCUT2D eigenvalue weighted by Crippen LogP contribution is 2.31. The van der Waals surface area contributed by atoms with Gasteiger partial charge in [-0.05, 0) is 47.4 Å². The Labute approximate surface area is 231 Å². The van der Waals surface area contributed by atoms with Gasteiger partial charge in [-0.3, -0.25) is 4.79 Å². The van der Waals surface area contributed by atoms with Crippen molar-refractivity contribution in [3.8, 4) is 16.9 Å². The number of carbonyl (C=O) groups is 1. The fourth-order valence-corrected chi connectivity index (χ4v) is 5.59. The number of ether oxygens (including phenoxy) is 1. The molecule has 3 aromatic carbocycles. The van der Waals surface area contributed by atoms with Crippen LogP contribution in [0.1, 0.15) is 23.1 Å². The molecule has 0 amide bonds. The SMILES string of the molecule is CN(C)S(=O)(=O)c1ccccc1-c1ccccc1CCOc1ccc(CC(=O)CCc2ccc[n+](C)c2)cc1. The van der Waals surface area contributed by atoms with Gasteiger partial charge in [-0.2, -0.15) is 0 Å². The predicted molar refractivity (Wildman–Crippen MR) is 153 cm³/mol. The summed E-state index contributed by atoms with van der Waals surface area (Å²) in [5, 5.41) is 0. The van der Waals surface area contributed by atoms with Crippen molar-refractivity contribution in [3.63, 3.8) is 0 Å². The summed E-state index contributed by atoms with van der Waals surface area (Å²) in [4.78, 5) is 12.8. The number of aryl methyl sites for hydroxylation is 2. The molecule has 1 aromatic heterocycles. The van der Waals surface area contributed by atoms with E-state index in [1.54, 1.807) is 12.1 Å². The first-order chi connectivity index (χ1) is 18.7. The van der Waals surface area contributed by atoms with E-state index >= 15 is 0 Å². The van der Waals surface area contributed by atoms with Crippen LogP contribution >= 0.6 is 0 Å². The molecule has 0 saturated heterocycles. The van der Waals surface area contributed by atoms with Gasteiger partial charge in [-0.15, -0.1) is 0 Å². The number of aromatic nitrogens is 1. The van der Waals surface area contributed by atoms with E-state index in [0.717, 1.165) is 34.4 Å². The molecule has 4 rings (SSSR count). The van der Waals surface area contributed by atoms with E-state index in [4.69, 9.17) is 4.74 Å². The van der Waals surface area contributed by atoms with Crippen molar-refractivity contribution in [2.45, 2.75) is 30.6 Å². The zero-order valence-corrected chi connectivity index (χ0v) is 23.5. The number of benzene rings is 3. The maximum Gasteiger partial charge on any atom is 0.243 e. The molecule has 1 heterocycles. The number of carbonyl (C=O) groups excluding carboxylic acids is 1. The Morgan fingerprint density at radius 3 is 2.23 bits per heavy atom. The third-order valence-corrected chi connectivity index (χ3v) is 8.48. The largest absolute Gasteiger partial charge is 0.493 e. The van der Waals surface area contributed by atoms with Crippen molar-refractivity contribution in [3.05, 3.63) is 114 Å². The van der Waals surface area contributed by atoms with Gasteiger partial charge in [0.05, 0.1) is 11.5 Å². The van der Waals surface area contributed by atoms with Crippen molar-refractivity contribution in [2.24, 2.45) is 7.05 Å². The van der Waals surface area contributed by atoms with Gasteiger partial charge >= 0.3 is 0 Å². The molecule has 6 nitrogen and oxygen atoms in total. The van der Waals surface area contributed by atoms with Crippen molar-refractivity contribution >= 4 is 15.8 Å². The lowest BCUT2D eigenvalue weighted by molar-refractivity contribution is -0.671. The quantitative estimate of drug-likeness (QED) is 0.241. The highest BCUT2D eigenvalue weighted by atomic mass is 32.2. The summed E-state index contributed by atoms with van der Waals surface area (Å²) < 4.78 is 35.1. The Hall–Kier alpha value is -3.81. The zero-order valence-electron chi connectivity index (χ0n) is 22.7. The molecule has 0 N–H and O–H groups in total. The molecule has 0 aliphatic carbocycles. The van der Waals surface area contributed by atoms with Crippen LogP contribution in [0.4, 0.5) is 0 Å². The second kappa shape index (κ2) is 12.8. The number of hydrogen-bond donors (Lipinski definition) is 0. The second-order valence-electron chi connectivity index (χ2n) is 9.78. The van der Waals surface area contributed by atoms with Gasteiger partial charge in [0.25, 0.3) is 0 Å². The van der Waals surface area contributed by atoms with Crippen molar-refractivity contribution in [1.29, 1.82) is 0 Å². The van der Waals surface area contributed by atoms with Gasteiger partial charge in [-0.1, -0.05) is 54.6 Å². The maximum atomic E-state index is 12.9. The third kappa shape index (κ3) is 7.40. The number of Topliss-reactive ketones (excluding diaryl/α,β-unsaturated/α-hetero) is 1.